The number of hydrazine groups is 1. The van der Waals surface area contributed by atoms with Gasteiger partial charge in [0.25, 0.3) is 0 Å². The number of carbonyl (C=O) groups excluding carboxylic acids is 2. The van der Waals surface area contributed by atoms with Crippen LogP contribution in [0.4, 0.5) is 5.13 Å². The maximum absolute atomic E-state index is 12.1. The Morgan fingerprint density at radius 1 is 1.20 bits per heavy atom. The van der Waals surface area contributed by atoms with Gasteiger partial charge < -0.3 is 5.32 Å². The van der Waals surface area contributed by atoms with Crippen LogP contribution in [-0.2, 0) is 11.2 Å². The molecule has 25 heavy (non-hydrogen) atoms. The average molecular weight is 374 g/mol. The van der Waals surface area contributed by atoms with E-state index in [9.17, 15) is 9.59 Å². The Morgan fingerprint density at radius 3 is 2.68 bits per heavy atom. The van der Waals surface area contributed by atoms with E-state index < -0.39 is 5.91 Å². The van der Waals surface area contributed by atoms with E-state index in [1.54, 1.807) is 17.5 Å². The molecular weight excluding hydrogens is 360 g/mol. The van der Waals surface area contributed by atoms with Crippen LogP contribution >= 0.6 is 22.7 Å². The van der Waals surface area contributed by atoms with Crippen LogP contribution in [0.5, 0.6) is 0 Å². The molecule has 128 valence electrons. The quantitative estimate of drug-likeness (QED) is 0.275. The Morgan fingerprint density at radius 2 is 1.96 bits per heavy atom. The highest BCUT2D eigenvalue weighted by Gasteiger charge is 2.15. The highest BCUT2D eigenvalue weighted by Crippen LogP contribution is 2.31. The largest absolute Gasteiger partial charge is 0.302 e. The van der Waals surface area contributed by atoms with Crippen LogP contribution in [0.15, 0.2) is 47.8 Å². The van der Waals surface area contributed by atoms with Crippen LogP contribution in [0.2, 0.25) is 0 Å². The van der Waals surface area contributed by atoms with Crippen molar-refractivity contribution in [3.05, 3.63) is 58.3 Å². The van der Waals surface area contributed by atoms with Gasteiger partial charge >= 0.3 is 5.91 Å². The second kappa shape index (κ2) is 7.53. The van der Waals surface area contributed by atoms with Gasteiger partial charge in [0, 0.05) is 5.38 Å². The molecule has 0 saturated heterocycles. The third-order valence-electron chi connectivity index (χ3n) is 3.24. The van der Waals surface area contributed by atoms with Gasteiger partial charge in [-0.05, 0) is 17.7 Å². The first-order valence-corrected chi connectivity index (χ1v) is 8.90. The maximum Gasteiger partial charge on any atom is 0.302 e. The fourth-order valence-corrected chi connectivity index (χ4v) is 3.79. The molecule has 0 aliphatic heterocycles. The fourth-order valence-electron chi connectivity index (χ4n) is 2.09. The van der Waals surface area contributed by atoms with Crippen LogP contribution in [0.25, 0.3) is 10.6 Å². The Hall–Kier alpha value is -2.59. The van der Waals surface area contributed by atoms with Crippen LogP contribution in [0.3, 0.4) is 0 Å². The number of amides is 2. The molecule has 2 aromatic heterocycles. The molecule has 4 N–H and O–H groups in total. The van der Waals surface area contributed by atoms with Crippen LogP contribution < -0.4 is 11.2 Å². The molecule has 0 aliphatic rings. The van der Waals surface area contributed by atoms with Crippen molar-refractivity contribution in [3.63, 3.8) is 0 Å². The monoisotopic (exact) mass is 374 g/mol. The summed E-state index contributed by atoms with van der Waals surface area (Å²) in [7, 11) is 0. The summed E-state index contributed by atoms with van der Waals surface area (Å²) in [4.78, 5) is 29.1. The number of carbonyl (C=O) groups is 2. The number of benzene rings is 1. The van der Waals surface area contributed by atoms with E-state index in [1.807, 2.05) is 30.3 Å². The van der Waals surface area contributed by atoms with E-state index in [4.69, 9.17) is 11.0 Å². The third-order valence-corrected chi connectivity index (χ3v) is 5.09. The van der Waals surface area contributed by atoms with E-state index in [0.717, 1.165) is 21.8 Å². The number of hydrogen-bond donors (Lipinski definition) is 3. The average Bonchev–Trinajstić information content (AvgIpc) is 3.24. The van der Waals surface area contributed by atoms with Crippen molar-refractivity contribution in [2.75, 3.05) is 5.32 Å². The zero-order valence-corrected chi connectivity index (χ0v) is 14.5. The summed E-state index contributed by atoms with van der Waals surface area (Å²) in [5, 5.41) is 14.1. The fraction of sp³-hybridized carbons (Fsp3) is 0.0625. The van der Waals surface area contributed by atoms with Gasteiger partial charge in [-0.1, -0.05) is 30.3 Å². The van der Waals surface area contributed by atoms with E-state index in [1.165, 1.54) is 11.3 Å². The summed E-state index contributed by atoms with van der Waals surface area (Å²) in [5.41, 5.74) is 1.57. The SMILES string of the molecule is NN(O)C(=O)c1ccc(-c2csc(NC(=O)Cc3ccccc3)n2)s1. The number of thiazole rings is 1. The number of thiophene rings is 1. The number of hydrogen-bond acceptors (Lipinski definition) is 7. The summed E-state index contributed by atoms with van der Waals surface area (Å²) < 4.78 is 0. The Balaban J connectivity index is 1.66. The standard InChI is InChI=1S/C16H14N4O3S2/c17-20(23)15(22)13-7-6-12(25-13)11-9-24-16(18-11)19-14(21)8-10-4-2-1-3-5-10/h1-7,9,23H,8,17H2,(H,18,19,21). The smallest absolute Gasteiger partial charge is 0.302 e. The molecule has 0 spiro atoms. The van der Waals surface area contributed by atoms with Crippen LogP contribution in [-0.4, -0.2) is 27.2 Å². The lowest BCUT2D eigenvalue weighted by molar-refractivity contribution is -0.115. The Kier molecular flexibility index (Phi) is 5.19. The summed E-state index contributed by atoms with van der Waals surface area (Å²) in [6, 6.07) is 12.7. The number of nitrogens with zero attached hydrogens (tertiary/aromatic N) is 2. The van der Waals surface area contributed by atoms with Gasteiger partial charge in [0.1, 0.15) is 0 Å². The zero-order valence-electron chi connectivity index (χ0n) is 12.9. The van der Waals surface area contributed by atoms with Crippen molar-refractivity contribution >= 4 is 39.6 Å². The zero-order chi connectivity index (χ0) is 17.8. The number of hydroxylamine groups is 1. The lowest BCUT2D eigenvalue weighted by Gasteiger charge is -2.04. The summed E-state index contributed by atoms with van der Waals surface area (Å²) >= 11 is 2.46. The van der Waals surface area contributed by atoms with E-state index >= 15 is 0 Å². The van der Waals surface area contributed by atoms with E-state index in [-0.39, 0.29) is 17.5 Å². The van der Waals surface area contributed by atoms with Crippen molar-refractivity contribution in [2.45, 2.75) is 6.42 Å². The molecule has 0 atom stereocenters. The Labute approximate surface area is 151 Å². The minimum absolute atomic E-state index is 0.0475. The predicted octanol–water partition coefficient (Wildman–Crippen LogP) is 2.76. The van der Waals surface area contributed by atoms with Gasteiger partial charge in [-0.25, -0.2) is 10.8 Å². The Bertz CT molecular complexity index is 890. The van der Waals surface area contributed by atoms with Crippen LogP contribution in [0, 0.1) is 0 Å². The van der Waals surface area contributed by atoms with Crippen molar-refractivity contribution in [1.82, 2.24) is 10.2 Å². The van der Waals surface area contributed by atoms with Crippen molar-refractivity contribution in [2.24, 2.45) is 5.84 Å². The number of anilines is 1. The minimum atomic E-state index is -0.692. The number of nitrogens with one attached hydrogen (secondary N) is 1. The second-order valence-corrected chi connectivity index (χ2v) is 7.00. The third kappa shape index (κ3) is 4.28. The molecule has 2 amide bonds. The number of rotatable bonds is 5. The summed E-state index contributed by atoms with van der Waals surface area (Å²) in [5.74, 6) is 4.19. The lowest BCUT2D eigenvalue weighted by atomic mass is 10.1. The molecule has 0 radical (unpaired) electrons. The van der Waals surface area contributed by atoms with Crippen molar-refractivity contribution in [1.29, 1.82) is 0 Å². The van der Waals surface area contributed by atoms with Gasteiger partial charge in [-0.3, -0.25) is 14.8 Å². The molecular formula is C16H14N4O3S2. The molecule has 0 bridgehead atoms. The maximum atomic E-state index is 12.1. The van der Waals surface area contributed by atoms with Gasteiger partial charge in [-0.15, -0.1) is 27.8 Å². The van der Waals surface area contributed by atoms with Gasteiger partial charge in [0.15, 0.2) is 5.13 Å². The molecule has 1 aromatic carbocycles. The molecule has 7 nitrogen and oxygen atoms in total. The number of aromatic nitrogens is 1. The molecule has 0 fully saturated rings. The second-order valence-electron chi connectivity index (χ2n) is 5.06. The van der Waals surface area contributed by atoms with Crippen molar-refractivity contribution < 1.29 is 14.8 Å². The molecule has 0 aliphatic carbocycles. The normalized spacial score (nSPS) is 10.5. The summed E-state index contributed by atoms with van der Waals surface area (Å²) in [6.07, 6.45) is 0.274. The van der Waals surface area contributed by atoms with Crippen molar-refractivity contribution in [3.8, 4) is 10.6 Å². The highest BCUT2D eigenvalue weighted by atomic mass is 32.1. The predicted molar refractivity (Wildman–Crippen MR) is 96.3 cm³/mol. The topological polar surface area (TPSA) is 109 Å². The first-order valence-electron chi connectivity index (χ1n) is 7.20. The highest BCUT2D eigenvalue weighted by molar-refractivity contribution is 7.18. The first-order chi connectivity index (χ1) is 12.0. The minimum Gasteiger partial charge on any atom is -0.302 e. The van der Waals surface area contributed by atoms with Gasteiger partial charge in [0.2, 0.25) is 5.91 Å². The molecule has 3 rings (SSSR count). The lowest BCUT2D eigenvalue weighted by Crippen LogP contribution is -2.33. The summed E-state index contributed by atoms with van der Waals surface area (Å²) in [6.45, 7) is 0. The van der Waals surface area contributed by atoms with Gasteiger partial charge in [-0.2, -0.15) is 0 Å². The van der Waals surface area contributed by atoms with E-state index in [2.05, 4.69) is 10.3 Å². The molecule has 0 unspecified atom stereocenters. The molecule has 9 heteroatoms. The first kappa shape index (κ1) is 17.2. The van der Waals surface area contributed by atoms with Crippen LogP contribution in [0.1, 0.15) is 15.2 Å². The molecule has 3 aromatic rings. The molecule has 0 saturated carbocycles. The number of nitrogens with two attached hydrogens (primary N) is 1. The van der Waals surface area contributed by atoms with E-state index in [0.29, 0.717) is 15.7 Å². The molecule has 2 heterocycles. The van der Waals surface area contributed by atoms with Gasteiger partial charge in [0.05, 0.1) is 21.9 Å².